The molecule has 12 heteroatoms. The number of nitrogens with one attached hydrogen (secondary N) is 3. The summed E-state index contributed by atoms with van der Waals surface area (Å²) in [4.78, 5) is 59.9. The average molecular weight is 481 g/mol. The van der Waals surface area contributed by atoms with Crippen molar-refractivity contribution in [3.8, 4) is 5.75 Å². The van der Waals surface area contributed by atoms with Gasteiger partial charge in [-0.15, -0.1) is 0 Å². The Morgan fingerprint density at radius 2 is 1.47 bits per heavy atom. The number of carbonyl (C=O) groups excluding carboxylic acids is 3. The SMILES string of the molecule is CC(C)[C@H](NC(=O)[C@H](Cc1ccc(O)cc1)NC(=O)[C@@H](N)CCC(=O)O)C(=O)N[C@@H](C)C(=O)O. The van der Waals surface area contributed by atoms with Crippen LogP contribution in [0, 0.1) is 5.92 Å². The van der Waals surface area contributed by atoms with Crippen LogP contribution in [0.25, 0.3) is 0 Å². The molecule has 0 heterocycles. The number of hydrogen-bond acceptors (Lipinski definition) is 7. The van der Waals surface area contributed by atoms with Crippen molar-refractivity contribution in [3.05, 3.63) is 29.8 Å². The van der Waals surface area contributed by atoms with Crippen molar-refractivity contribution in [1.82, 2.24) is 16.0 Å². The highest BCUT2D eigenvalue weighted by atomic mass is 16.4. The van der Waals surface area contributed by atoms with E-state index >= 15 is 0 Å². The molecule has 8 N–H and O–H groups in total. The highest BCUT2D eigenvalue weighted by molar-refractivity contribution is 5.94. The average Bonchev–Trinajstić information content (AvgIpc) is 2.75. The second-order valence-electron chi connectivity index (χ2n) is 8.27. The van der Waals surface area contributed by atoms with Gasteiger partial charge in [0.15, 0.2) is 0 Å². The first-order valence-electron chi connectivity index (χ1n) is 10.7. The second kappa shape index (κ2) is 13.1. The summed E-state index contributed by atoms with van der Waals surface area (Å²) in [6.07, 6.45) is -0.485. The summed E-state index contributed by atoms with van der Waals surface area (Å²) in [6.45, 7) is 4.60. The fourth-order valence-corrected chi connectivity index (χ4v) is 2.92. The number of hydrogen-bond donors (Lipinski definition) is 7. The number of aliphatic carboxylic acids is 2. The summed E-state index contributed by atoms with van der Waals surface area (Å²) in [5.41, 5.74) is 6.33. The van der Waals surface area contributed by atoms with E-state index in [9.17, 15) is 29.1 Å². The van der Waals surface area contributed by atoms with Crippen LogP contribution in [-0.2, 0) is 30.4 Å². The van der Waals surface area contributed by atoms with E-state index in [-0.39, 0.29) is 25.0 Å². The van der Waals surface area contributed by atoms with E-state index in [0.29, 0.717) is 5.56 Å². The smallest absolute Gasteiger partial charge is 0.325 e. The lowest BCUT2D eigenvalue weighted by molar-refractivity contribution is -0.142. The molecule has 0 saturated heterocycles. The zero-order valence-electron chi connectivity index (χ0n) is 19.3. The lowest BCUT2D eigenvalue weighted by Gasteiger charge is -2.26. The predicted octanol–water partition coefficient (Wildman–Crippen LogP) is -0.658. The van der Waals surface area contributed by atoms with Crippen LogP contribution in [0.5, 0.6) is 5.75 Å². The first-order valence-corrected chi connectivity index (χ1v) is 10.7. The summed E-state index contributed by atoms with van der Waals surface area (Å²) in [5.74, 6) is -4.93. The molecular formula is C22H32N4O8. The lowest BCUT2D eigenvalue weighted by atomic mass is 10.00. The van der Waals surface area contributed by atoms with Crippen LogP contribution < -0.4 is 21.7 Å². The van der Waals surface area contributed by atoms with Crippen LogP contribution in [-0.4, -0.2) is 69.1 Å². The van der Waals surface area contributed by atoms with Crippen molar-refractivity contribution in [2.24, 2.45) is 11.7 Å². The minimum atomic E-state index is -1.24. The summed E-state index contributed by atoms with van der Waals surface area (Å²) < 4.78 is 0. The molecule has 0 bridgehead atoms. The van der Waals surface area contributed by atoms with Crippen LogP contribution in [0.2, 0.25) is 0 Å². The maximum absolute atomic E-state index is 13.1. The van der Waals surface area contributed by atoms with Crippen LogP contribution >= 0.6 is 0 Å². The van der Waals surface area contributed by atoms with Gasteiger partial charge in [-0.25, -0.2) is 0 Å². The van der Waals surface area contributed by atoms with Gasteiger partial charge in [0.25, 0.3) is 0 Å². The number of aromatic hydroxyl groups is 1. The monoisotopic (exact) mass is 480 g/mol. The van der Waals surface area contributed by atoms with E-state index in [4.69, 9.17) is 15.9 Å². The second-order valence-corrected chi connectivity index (χ2v) is 8.27. The maximum atomic E-state index is 13.1. The van der Waals surface area contributed by atoms with Crippen molar-refractivity contribution in [1.29, 1.82) is 0 Å². The molecule has 4 atom stereocenters. The highest BCUT2D eigenvalue weighted by Gasteiger charge is 2.31. The molecule has 3 amide bonds. The van der Waals surface area contributed by atoms with Crippen LogP contribution in [0.3, 0.4) is 0 Å². The molecule has 0 saturated carbocycles. The zero-order valence-corrected chi connectivity index (χ0v) is 19.3. The van der Waals surface area contributed by atoms with Crippen LogP contribution in [0.1, 0.15) is 39.2 Å². The maximum Gasteiger partial charge on any atom is 0.325 e. The van der Waals surface area contributed by atoms with Gasteiger partial charge in [-0.3, -0.25) is 24.0 Å². The van der Waals surface area contributed by atoms with Crippen molar-refractivity contribution >= 4 is 29.7 Å². The van der Waals surface area contributed by atoms with Gasteiger partial charge in [-0.2, -0.15) is 0 Å². The third-order valence-corrected chi connectivity index (χ3v) is 4.99. The largest absolute Gasteiger partial charge is 0.508 e. The minimum absolute atomic E-state index is 0.00794. The van der Waals surface area contributed by atoms with Gasteiger partial charge in [0.2, 0.25) is 17.7 Å². The summed E-state index contributed by atoms with van der Waals surface area (Å²) >= 11 is 0. The molecule has 0 aliphatic heterocycles. The fraction of sp³-hybridized carbons (Fsp3) is 0.500. The molecule has 0 aliphatic carbocycles. The predicted molar refractivity (Wildman–Crippen MR) is 121 cm³/mol. The van der Waals surface area contributed by atoms with E-state index in [2.05, 4.69) is 16.0 Å². The van der Waals surface area contributed by atoms with E-state index in [1.54, 1.807) is 26.0 Å². The topological polar surface area (TPSA) is 208 Å². The Kier molecular flexibility index (Phi) is 11.0. The number of phenolic OH excluding ortho intramolecular Hbond substituents is 1. The number of benzene rings is 1. The Morgan fingerprint density at radius 3 is 1.97 bits per heavy atom. The molecule has 188 valence electrons. The first kappa shape index (κ1) is 28.4. The molecule has 1 aromatic carbocycles. The molecule has 12 nitrogen and oxygen atoms in total. The third kappa shape index (κ3) is 9.45. The van der Waals surface area contributed by atoms with Crippen molar-refractivity contribution < 1.29 is 39.3 Å². The Hall–Kier alpha value is -3.67. The summed E-state index contributed by atoms with van der Waals surface area (Å²) in [7, 11) is 0. The van der Waals surface area contributed by atoms with Gasteiger partial charge < -0.3 is 37.0 Å². The molecule has 0 spiro atoms. The molecular weight excluding hydrogens is 448 g/mol. The van der Waals surface area contributed by atoms with Crippen LogP contribution in [0.4, 0.5) is 0 Å². The van der Waals surface area contributed by atoms with Gasteiger partial charge in [0.1, 0.15) is 23.9 Å². The number of carboxylic acids is 2. The van der Waals surface area contributed by atoms with Crippen molar-refractivity contribution in [2.75, 3.05) is 0 Å². The number of phenols is 1. The molecule has 0 fully saturated rings. The fourth-order valence-electron chi connectivity index (χ4n) is 2.92. The van der Waals surface area contributed by atoms with Gasteiger partial charge >= 0.3 is 11.9 Å². The summed E-state index contributed by atoms with van der Waals surface area (Å²) in [5, 5.41) is 34.6. The van der Waals surface area contributed by atoms with Gasteiger partial charge in [0, 0.05) is 12.8 Å². The highest BCUT2D eigenvalue weighted by Crippen LogP contribution is 2.12. The van der Waals surface area contributed by atoms with Crippen molar-refractivity contribution in [2.45, 2.75) is 64.2 Å². The van der Waals surface area contributed by atoms with E-state index < -0.39 is 59.7 Å². The minimum Gasteiger partial charge on any atom is -0.508 e. The number of rotatable bonds is 13. The van der Waals surface area contributed by atoms with Crippen LogP contribution in [0.15, 0.2) is 24.3 Å². The Labute approximate surface area is 196 Å². The molecule has 0 unspecified atom stereocenters. The number of carbonyl (C=O) groups is 5. The molecule has 0 aromatic heterocycles. The molecule has 34 heavy (non-hydrogen) atoms. The molecule has 1 aromatic rings. The number of nitrogens with two attached hydrogens (primary N) is 1. The van der Waals surface area contributed by atoms with Crippen molar-refractivity contribution in [3.63, 3.8) is 0 Å². The van der Waals surface area contributed by atoms with Gasteiger partial charge in [0.05, 0.1) is 6.04 Å². The Bertz CT molecular complexity index is 887. The first-order chi connectivity index (χ1) is 15.8. The van der Waals surface area contributed by atoms with Gasteiger partial charge in [-0.1, -0.05) is 26.0 Å². The van der Waals surface area contributed by atoms with Gasteiger partial charge in [-0.05, 0) is 37.0 Å². The molecule has 1 rings (SSSR count). The number of carboxylic acid groups (broad SMARTS) is 2. The lowest BCUT2D eigenvalue weighted by Crippen LogP contribution is -2.58. The van der Waals surface area contributed by atoms with E-state index in [0.717, 1.165) is 0 Å². The van der Waals surface area contributed by atoms with E-state index in [1.807, 2.05) is 0 Å². The third-order valence-electron chi connectivity index (χ3n) is 4.99. The molecule has 0 aliphatic rings. The Morgan fingerprint density at radius 1 is 0.882 bits per heavy atom. The quantitative estimate of drug-likeness (QED) is 0.191. The number of amides is 3. The van der Waals surface area contributed by atoms with E-state index in [1.165, 1.54) is 19.1 Å². The Balaban J connectivity index is 3.05. The summed E-state index contributed by atoms with van der Waals surface area (Å²) in [6, 6.07) is 1.29. The normalized spacial score (nSPS) is 14.4. The zero-order chi connectivity index (χ0) is 26.0. The standard InChI is InChI=1S/C22H32N4O8/c1-11(2)18(21(32)24-12(3)22(33)34)26-20(31)16(10-13-4-6-14(27)7-5-13)25-19(30)15(23)8-9-17(28)29/h4-7,11-12,15-16,18,27H,8-10,23H2,1-3H3,(H,24,32)(H,25,30)(H,26,31)(H,28,29)(H,33,34)/t12-,15-,16-,18-/m0/s1. The molecule has 0 radical (unpaired) electrons.